The first-order valence-electron chi connectivity index (χ1n) is 10.0. The number of benzene rings is 2. The van der Waals surface area contributed by atoms with Gasteiger partial charge in [-0.2, -0.15) is 0 Å². The van der Waals surface area contributed by atoms with Crippen LogP contribution in [0.4, 0.5) is 0 Å². The van der Waals surface area contributed by atoms with Gasteiger partial charge in [-0.05, 0) is 34.9 Å². The summed E-state index contributed by atoms with van der Waals surface area (Å²) in [6.07, 6.45) is 0.573. The zero-order valence-corrected chi connectivity index (χ0v) is 17.1. The molecule has 1 heterocycles. The summed E-state index contributed by atoms with van der Waals surface area (Å²) >= 11 is 0. The largest absolute Gasteiger partial charge is 0.387 e. The summed E-state index contributed by atoms with van der Waals surface area (Å²) in [6.45, 7) is 7.82. The zero-order chi connectivity index (χ0) is 20.2. The van der Waals surface area contributed by atoms with Gasteiger partial charge in [0.05, 0.1) is 11.5 Å². The first-order valence-corrected chi connectivity index (χ1v) is 10.0. The Labute approximate surface area is 167 Å². The predicted octanol–water partition coefficient (Wildman–Crippen LogP) is 3.88. The molecule has 2 aromatic rings. The molecule has 0 bridgehead atoms. The van der Waals surface area contributed by atoms with Gasteiger partial charge in [0.25, 0.3) is 0 Å². The van der Waals surface area contributed by atoms with E-state index in [0.717, 1.165) is 11.1 Å². The quantitative estimate of drug-likeness (QED) is 0.826. The molecule has 4 heteroatoms. The fourth-order valence-corrected chi connectivity index (χ4v) is 3.81. The number of hydrogen-bond donors (Lipinski definition) is 2. The van der Waals surface area contributed by atoms with Crippen molar-refractivity contribution in [2.75, 3.05) is 19.8 Å². The molecular weight excluding hydrogens is 350 g/mol. The van der Waals surface area contributed by atoms with E-state index in [-0.39, 0.29) is 17.9 Å². The maximum atomic E-state index is 13.2. The molecule has 1 aliphatic rings. The molecule has 1 fully saturated rings. The van der Waals surface area contributed by atoms with Crippen LogP contribution in [-0.2, 0) is 20.4 Å². The second-order valence-corrected chi connectivity index (χ2v) is 8.66. The van der Waals surface area contributed by atoms with Gasteiger partial charge in [-0.15, -0.1) is 0 Å². The molecule has 2 N–H and O–H groups in total. The number of hydrogen-bond acceptors (Lipinski definition) is 3. The van der Waals surface area contributed by atoms with Crippen molar-refractivity contribution in [3.63, 3.8) is 0 Å². The van der Waals surface area contributed by atoms with E-state index in [0.29, 0.717) is 26.1 Å². The Morgan fingerprint density at radius 3 is 2.25 bits per heavy atom. The molecule has 2 aromatic carbocycles. The molecular formula is C24H31NO3. The third kappa shape index (κ3) is 4.45. The molecule has 1 saturated heterocycles. The average molecular weight is 382 g/mol. The topological polar surface area (TPSA) is 58.6 Å². The minimum atomic E-state index is -0.731. The molecule has 1 aliphatic heterocycles. The Kier molecular flexibility index (Phi) is 6.21. The summed E-state index contributed by atoms with van der Waals surface area (Å²) < 4.78 is 5.50. The van der Waals surface area contributed by atoms with Gasteiger partial charge in [-0.3, -0.25) is 4.79 Å². The van der Waals surface area contributed by atoms with Crippen LogP contribution < -0.4 is 5.32 Å². The van der Waals surface area contributed by atoms with Crippen molar-refractivity contribution in [3.05, 3.63) is 71.3 Å². The van der Waals surface area contributed by atoms with Crippen LogP contribution in [0.1, 0.15) is 56.4 Å². The smallest absolute Gasteiger partial charge is 0.230 e. The number of aliphatic hydroxyl groups is 1. The van der Waals surface area contributed by atoms with Gasteiger partial charge in [0.2, 0.25) is 5.91 Å². The minimum absolute atomic E-state index is 0.0349. The monoisotopic (exact) mass is 381 g/mol. The molecule has 1 atom stereocenters. The van der Waals surface area contributed by atoms with Crippen LogP contribution in [0.2, 0.25) is 0 Å². The van der Waals surface area contributed by atoms with Crippen LogP contribution in [0, 0.1) is 0 Å². The Morgan fingerprint density at radius 1 is 1.07 bits per heavy atom. The highest BCUT2D eigenvalue weighted by molar-refractivity contribution is 5.88. The van der Waals surface area contributed by atoms with Gasteiger partial charge < -0.3 is 15.2 Å². The van der Waals surface area contributed by atoms with Crippen LogP contribution in [-0.4, -0.2) is 30.8 Å². The van der Waals surface area contributed by atoms with E-state index in [1.165, 1.54) is 5.56 Å². The molecule has 28 heavy (non-hydrogen) atoms. The van der Waals surface area contributed by atoms with Crippen LogP contribution >= 0.6 is 0 Å². The molecule has 0 spiro atoms. The van der Waals surface area contributed by atoms with Crippen LogP contribution in [0.5, 0.6) is 0 Å². The second-order valence-electron chi connectivity index (χ2n) is 8.66. The Morgan fingerprint density at radius 2 is 1.68 bits per heavy atom. The Bertz CT molecular complexity index is 772. The Hall–Kier alpha value is -2.17. The number of rotatable bonds is 5. The molecule has 0 aromatic heterocycles. The molecule has 0 aliphatic carbocycles. The lowest BCUT2D eigenvalue weighted by molar-refractivity contribution is -0.131. The lowest BCUT2D eigenvalue weighted by Crippen LogP contribution is -2.48. The van der Waals surface area contributed by atoms with Crippen molar-refractivity contribution in [2.24, 2.45) is 0 Å². The van der Waals surface area contributed by atoms with Crippen molar-refractivity contribution in [1.29, 1.82) is 0 Å². The van der Waals surface area contributed by atoms with E-state index in [2.05, 4.69) is 26.1 Å². The highest BCUT2D eigenvalue weighted by Crippen LogP contribution is 2.35. The number of amides is 1. The van der Waals surface area contributed by atoms with Crippen molar-refractivity contribution in [2.45, 2.75) is 50.5 Å². The third-order valence-corrected chi connectivity index (χ3v) is 5.72. The number of carbonyl (C=O) groups excluding carboxylic acids is 1. The van der Waals surface area contributed by atoms with E-state index in [4.69, 9.17) is 4.74 Å². The molecule has 4 nitrogen and oxygen atoms in total. The number of nitrogens with one attached hydrogen (secondary N) is 1. The minimum Gasteiger partial charge on any atom is -0.387 e. The second kappa shape index (κ2) is 8.46. The van der Waals surface area contributed by atoms with E-state index in [1.807, 2.05) is 54.6 Å². The molecule has 0 radical (unpaired) electrons. The highest BCUT2D eigenvalue weighted by Gasteiger charge is 2.41. The summed E-state index contributed by atoms with van der Waals surface area (Å²) in [7, 11) is 0. The van der Waals surface area contributed by atoms with Gasteiger partial charge in [0, 0.05) is 19.8 Å². The fourth-order valence-electron chi connectivity index (χ4n) is 3.81. The summed E-state index contributed by atoms with van der Waals surface area (Å²) in [5.41, 5.74) is 2.53. The first-order chi connectivity index (χ1) is 13.3. The van der Waals surface area contributed by atoms with Crippen molar-refractivity contribution >= 4 is 5.91 Å². The van der Waals surface area contributed by atoms with E-state index in [1.54, 1.807) is 0 Å². The van der Waals surface area contributed by atoms with E-state index >= 15 is 0 Å². The van der Waals surface area contributed by atoms with Crippen LogP contribution in [0.25, 0.3) is 0 Å². The van der Waals surface area contributed by atoms with Crippen molar-refractivity contribution in [3.8, 4) is 0 Å². The Balaban J connectivity index is 1.69. The van der Waals surface area contributed by atoms with Crippen LogP contribution in [0.3, 0.4) is 0 Å². The van der Waals surface area contributed by atoms with Gasteiger partial charge in [-0.1, -0.05) is 75.4 Å². The van der Waals surface area contributed by atoms with E-state index in [9.17, 15) is 9.90 Å². The number of aliphatic hydroxyl groups excluding tert-OH is 1. The molecule has 0 saturated carbocycles. The normalized spacial score (nSPS) is 17.7. The summed E-state index contributed by atoms with van der Waals surface area (Å²) in [5, 5.41) is 13.6. The molecule has 150 valence electrons. The van der Waals surface area contributed by atoms with Gasteiger partial charge in [-0.25, -0.2) is 0 Å². The maximum absolute atomic E-state index is 13.2. The molecule has 3 rings (SSSR count). The third-order valence-electron chi connectivity index (χ3n) is 5.72. The molecule has 1 amide bonds. The maximum Gasteiger partial charge on any atom is 0.230 e. The average Bonchev–Trinajstić information content (AvgIpc) is 2.72. The van der Waals surface area contributed by atoms with Crippen molar-refractivity contribution in [1.82, 2.24) is 5.32 Å². The summed E-state index contributed by atoms with van der Waals surface area (Å²) in [4.78, 5) is 13.2. The zero-order valence-electron chi connectivity index (χ0n) is 17.1. The number of ether oxygens (including phenoxy) is 1. The summed E-state index contributed by atoms with van der Waals surface area (Å²) in [6, 6.07) is 17.9. The standard InChI is InChI=1S/C24H31NO3/c1-23(2,3)19-11-9-18(10-12-19)21(26)17-25-22(27)24(13-15-28-16-14-24)20-7-5-4-6-8-20/h4-12,21,26H,13-17H2,1-3H3,(H,25,27). The van der Waals surface area contributed by atoms with Gasteiger partial charge in [0.1, 0.15) is 0 Å². The van der Waals surface area contributed by atoms with Gasteiger partial charge >= 0.3 is 0 Å². The van der Waals surface area contributed by atoms with Crippen LogP contribution in [0.15, 0.2) is 54.6 Å². The lowest BCUT2D eigenvalue weighted by atomic mass is 9.73. The fraction of sp³-hybridized carbons (Fsp3) is 0.458. The van der Waals surface area contributed by atoms with Crippen molar-refractivity contribution < 1.29 is 14.6 Å². The highest BCUT2D eigenvalue weighted by atomic mass is 16.5. The first kappa shape index (κ1) is 20.6. The predicted molar refractivity (Wildman–Crippen MR) is 111 cm³/mol. The number of carbonyl (C=O) groups is 1. The van der Waals surface area contributed by atoms with Gasteiger partial charge in [0.15, 0.2) is 0 Å². The summed E-state index contributed by atoms with van der Waals surface area (Å²) in [5.74, 6) is -0.0349. The van der Waals surface area contributed by atoms with E-state index < -0.39 is 11.5 Å². The molecule has 1 unspecified atom stereocenters. The SMILES string of the molecule is CC(C)(C)c1ccc(C(O)CNC(=O)C2(c3ccccc3)CCOCC2)cc1. The lowest BCUT2D eigenvalue weighted by Gasteiger charge is -2.36.